The van der Waals surface area contributed by atoms with E-state index < -0.39 is 28.5 Å². The summed E-state index contributed by atoms with van der Waals surface area (Å²) in [6, 6.07) is 16.9. The van der Waals surface area contributed by atoms with Crippen LogP contribution >= 0.6 is 0 Å². The average Bonchev–Trinajstić information content (AvgIpc) is 2.78. The Bertz CT molecular complexity index is 1230. The van der Waals surface area contributed by atoms with Crippen LogP contribution in [-0.4, -0.2) is 28.0 Å². The van der Waals surface area contributed by atoms with Crippen LogP contribution in [0.4, 0.5) is 10.1 Å². The number of amides is 1. The van der Waals surface area contributed by atoms with Crippen molar-refractivity contribution in [3.63, 3.8) is 0 Å². The van der Waals surface area contributed by atoms with Crippen molar-refractivity contribution < 1.29 is 22.3 Å². The first-order chi connectivity index (χ1) is 15.6. The van der Waals surface area contributed by atoms with Crippen molar-refractivity contribution in [3.05, 3.63) is 89.2 Å². The van der Waals surface area contributed by atoms with Crippen LogP contribution in [0, 0.1) is 19.7 Å². The van der Waals surface area contributed by atoms with Gasteiger partial charge in [0.05, 0.1) is 23.7 Å². The Morgan fingerprint density at radius 3 is 2.21 bits per heavy atom. The molecule has 0 aliphatic carbocycles. The third kappa shape index (κ3) is 5.70. The van der Waals surface area contributed by atoms with E-state index in [1.54, 1.807) is 49.4 Å². The van der Waals surface area contributed by atoms with Crippen LogP contribution in [0.1, 0.15) is 29.7 Å². The number of nitrogens with one attached hydrogen (secondary N) is 1. The second-order valence-corrected chi connectivity index (χ2v) is 9.70. The van der Waals surface area contributed by atoms with Crippen molar-refractivity contribution in [1.82, 2.24) is 5.32 Å². The smallest absolute Gasteiger partial charge is 0.264 e. The van der Waals surface area contributed by atoms with Crippen LogP contribution in [0.3, 0.4) is 0 Å². The van der Waals surface area contributed by atoms with Gasteiger partial charge in [0.1, 0.15) is 18.1 Å². The van der Waals surface area contributed by atoms with Crippen molar-refractivity contribution in [3.8, 4) is 5.75 Å². The minimum Gasteiger partial charge on any atom is -0.495 e. The number of nitrogens with zero attached hydrogens (tertiary/aromatic N) is 1. The van der Waals surface area contributed by atoms with Crippen LogP contribution < -0.4 is 14.4 Å². The molecular weight excluding hydrogens is 443 g/mol. The highest BCUT2D eigenvalue weighted by molar-refractivity contribution is 7.92. The number of halogens is 1. The molecule has 0 radical (unpaired) electrons. The van der Waals surface area contributed by atoms with E-state index in [2.05, 4.69) is 5.32 Å². The highest BCUT2D eigenvalue weighted by Crippen LogP contribution is 2.33. The second kappa shape index (κ2) is 10.0. The number of carbonyl (C=O) groups is 1. The van der Waals surface area contributed by atoms with Gasteiger partial charge in [-0.2, -0.15) is 0 Å². The maximum atomic E-state index is 13.6. The molecule has 1 amide bonds. The lowest BCUT2D eigenvalue weighted by Gasteiger charge is -2.27. The topological polar surface area (TPSA) is 75.7 Å². The minimum atomic E-state index is -4.08. The number of hydrogen-bond donors (Lipinski definition) is 1. The molecule has 3 aromatic rings. The number of hydrogen-bond acceptors (Lipinski definition) is 4. The number of benzene rings is 3. The van der Waals surface area contributed by atoms with E-state index in [1.165, 1.54) is 31.4 Å². The predicted molar refractivity (Wildman–Crippen MR) is 126 cm³/mol. The second-order valence-electron chi connectivity index (χ2n) is 7.84. The molecule has 1 unspecified atom stereocenters. The molecule has 33 heavy (non-hydrogen) atoms. The predicted octanol–water partition coefficient (Wildman–Crippen LogP) is 4.52. The lowest BCUT2D eigenvalue weighted by atomic mass is 10.1. The Balaban J connectivity index is 1.97. The van der Waals surface area contributed by atoms with E-state index in [1.807, 2.05) is 13.8 Å². The molecule has 1 atom stereocenters. The first kappa shape index (κ1) is 24.3. The number of aryl methyl sites for hydroxylation is 2. The Morgan fingerprint density at radius 1 is 1.00 bits per heavy atom. The number of rotatable bonds is 8. The fraction of sp³-hybridized carbons (Fsp3) is 0.240. The van der Waals surface area contributed by atoms with Gasteiger partial charge in [-0.25, -0.2) is 12.8 Å². The zero-order valence-electron chi connectivity index (χ0n) is 19.0. The van der Waals surface area contributed by atoms with Crippen molar-refractivity contribution >= 4 is 21.6 Å². The number of anilines is 1. The summed E-state index contributed by atoms with van der Waals surface area (Å²) in [6.07, 6.45) is 0. The fourth-order valence-corrected chi connectivity index (χ4v) is 4.81. The maximum absolute atomic E-state index is 13.6. The van der Waals surface area contributed by atoms with Crippen molar-refractivity contribution in [2.75, 3.05) is 18.0 Å². The van der Waals surface area contributed by atoms with Gasteiger partial charge in [0.25, 0.3) is 10.0 Å². The van der Waals surface area contributed by atoms with E-state index >= 15 is 0 Å². The van der Waals surface area contributed by atoms with Gasteiger partial charge in [0, 0.05) is 0 Å². The van der Waals surface area contributed by atoms with Crippen LogP contribution in [0.5, 0.6) is 5.75 Å². The zero-order chi connectivity index (χ0) is 24.2. The third-order valence-corrected chi connectivity index (χ3v) is 7.02. The Morgan fingerprint density at radius 2 is 1.61 bits per heavy atom. The number of sulfonamides is 1. The summed E-state index contributed by atoms with van der Waals surface area (Å²) < 4.78 is 46.9. The summed E-state index contributed by atoms with van der Waals surface area (Å²) in [6.45, 7) is 4.98. The molecule has 0 fully saturated rings. The largest absolute Gasteiger partial charge is 0.495 e. The van der Waals surface area contributed by atoms with Crippen LogP contribution in [-0.2, 0) is 14.8 Å². The first-order valence-corrected chi connectivity index (χ1v) is 11.8. The average molecular weight is 471 g/mol. The van der Waals surface area contributed by atoms with Gasteiger partial charge in [-0.1, -0.05) is 35.9 Å². The molecule has 1 N–H and O–H groups in total. The van der Waals surface area contributed by atoms with E-state index in [0.717, 1.165) is 15.4 Å². The molecule has 0 bridgehead atoms. The van der Waals surface area contributed by atoms with Gasteiger partial charge in [-0.3, -0.25) is 9.10 Å². The van der Waals surface area contributed by atoms with E-state index in [4.69, 9.17) is 4.74 Å². The van der Waals surface area contributed by atoms with Crippen molar-refractivity contribution in [2.24, 2.45) is 0 Å². The minimum absolute atomic E-state index is 0.0658. The maximum Gasteiger partial charge on any atom is 0.264 e. The summed E-state index contributed by atoms with van der Waals surface area (Å²) in [5.74, 6) is -0.555. The molecule has 0 spiro atoms. The van der Waals surface area contributed by atoms with Crippen LogP contribution in [0.2, 0.25) is 0 Å². The summed E-state index contributed by atoms with van der Waals surface area (Å²) in [7, 11) is -2.63. The fourth-order valence-electron chi connectivity index (χ4n) is 3.38. The molecule has 0 aromatic heterocycles. The summed E-state index contributed by atoms with van der Waals surface area (Å²) in [5, 5.41) is 2.79. The molecule has 8 heteroatoms. The zero-order valence-corrected chi connectivity index (χ0v) is 19.8. The summed E-state index contributed by atoms with van der Waals surface area (Å²) >= 11 is 0. The third-order valence-electron chi connectivity index (χ3n) is 5.25. The van der Waals surface area contributed by atoms with Crippen LogP contribution in [0.15, 0.2) is 71.6 Å². The standard InChI is InChI=1S/C25H27FN2O4S/c1-17-5-12-22(13-6-17)33(30,31)28(23-15-18(2)7-14-24(23)32-4)16-25(29)27-19(3)20-8-10-21(26)11-9-20/h5-15,19H,16H2,1-4H3,(H,27,29). The SMILES string of the molecule is COc1ccc(C)cc1N(CC(=O)NC(C)c1ccc(F)cc1)S(=O)(=O)c1ccc(C)cc1. The van der Waals surface area contributed by atoms with Gasteiger partial charge in [0.15, 0.2) is 0 Å². The lowest BCUT2D eigenvalue weighted by molar-refractivity contribution is -0.120. The molecular formula is C25H27FN2O4S. The molecule has 3 rings (SSSR count). The Hall–Kier alpha value is -3.39. The van der Waals surface area contributed by atoms with E-state index in [9.17, 15) is 17.6 Å². The summed E-state index contributed by atoms with van der Waals surface area (Å²) in [5.41, 5.74) is 2.70. The normalized spacial score (nSPS) is 12.2. The van der Waals surface area contributed by atoms with Crippen molar-refractivity contribution in [1.29, 1.82) is 0 Å². The van der Waals surface area contributed by atoms with E-state index in [-0.39, 0.29) is 16.4 Å². The Labute approximate surface area is 194 Å². The quantitative estimate of drug-likeness (QED) is 0.525. The number of ether oxygens (including phenoxy) is 1. The molecule has 0 aliphatic heterocycles. The molecule has 3 aromatic carbocycles. The molecule has 0 saturated carbocycles. The van der Waals surface area contributed by atoms with E-state index in [0.29, 0.717) is 11.3 Å². The van der Waals surface area contributed by atoms with Gasteiger partial charge < -0.3 is 10.1 Å². The molecule has 6 nitrogen and oxygen atoms in total. The number of carbonyl (C=O) groups excluding carboxylic acids is 1. The van der Waals surface area contributed by atoms with Crippen molar-refractivity contribution in [2.45, 2.75) is 31.7 Å². The number of methoxy groups -OCH3 is 1. The van der Waals surface area contributed by atoms with Gasteiger partial charge >= 0.3 is 0 Å². The molecule has 0 heterocycles. The summed E-state index contributed by atoms with van der Waals surface area (Å²) in [4.78, 5) is 13.0. The molecule has 174 valence electrons. The molecule has 0 saturated heterocycles. The highest BCUT2D eigenvalue weighted by atomic mass is 32.2. The van der Waals surface area contributed by atoms with Gasteiger partial charge in [-0.15, -0.1) is 0 Å². The monoisotopic (exact) mass is 470 g/mol. The lowest BCUT2D eigenvalue weighted by Crippen LogP contribution is -2.41. The first-order valence-electron chi connectivity index (χ1n) is 10.4. The van der Waals surface area contributed by atoms with Crippen LogP contribution in [0.25, 0.3) is 0 Å². The highest BCUT2D eigenvalue weighted by Gasteiger charge is 2.30. The van der Waals surface area contributed by atoms with Gasteiger partial charge in [0.2, 0.25) is 5.91 Å². The molecule has 0 aliphatic rings. The Kier molecular flexibility index (Phi) is 7.38. The van der Waals surface area contributed by atoms with Gasteiger partial charge in [-0.05, 0) is 68.3 Å².